The summed E-state index contributed by atoms with van der Waals surface area (Å²) in [5, 5.41) is 9.53. The van der Waals surface area contributed by atoms with Crippen molar-refractivity contribution in [3.63, 3.8) is 0 Å². The Balaban J connectivity index is 2.51. The van der Waals surface area contributed by atoms with E-state index in [0.717, 1.165) is 9.87 Å². The molecule has 6 nitrogen and oxygen atoms in total. The summed E-state index contributed by atoms with van der Waals surface area (Å²) in [6.07, 6.45) is 2.88. The Morgan fingerprint density at radius 1 is 1.42 bits per heavy atom. The number of aromatic nitrogens is 1. The smallest absolute Gasteiger partial charge is 0.214 e. The first-order valence-electron chi connectivity index (χ1n) is 5.95. The molecule has 0 saturated carbocycles. The number of methoxy groups -OCH3 is 1. The average Bonchev–Trinajstić information content (AvgIpc) is 2.38. The first kappa shape index (κ1) is 16.0. The molecule has 1 unspecified atom stereocenters. The zero-order valence-corrected chi connectivity index (χ0v) is 12.0. The first-order chi connectivity index (χ1) is 8.95. The summed E-state index contributed by atoms with van der Waals surface area (Å²) in [4.78, 5) is 3.88. The predicted octanol–water partition coefficient (Wildman–Crippen LogP) is -0.107. The molecule has 1 atom stereocenters. The number of aryl methyl sites for hydroxylation is 1. The van der Waals surface area contributed by atoms with Crippen LogP contribution in [-0.4, -0.2) is 62.0 Å². The lowest BCUT2D eigenvalue weighted by Gasteiger charge is -2.20. The Morgan fingerprint density at radius 2 is 2.05 bits per heavy atom. The maximum absolute atomic E-state index is 12.0. The van der Waals surface area contributed by atoms with Gasteiger partial charge in [-0.05, 0) is 24.1 Å². The highest BCUT2D eigenvalue weighted by atomic mass is 32.2. The van der Waals surface area contributed by atoms with E-state index in [0.29, 0.717) is 6.42 Å². The molecule has 1 rings (SSSR count). The Kier molecular flexibility index (Phi) is 6.36. The van der Waals surface area contributed by atoms with Gasteiger partial charge in [-0.3, -0.25) is 4.98 Å². The van der Waals surface area contributed by atoms with Crippen LogP contribution in [0.5, 0.6) is 0 Å². The van der Waals surface area contributed by atoms with E-state index in [-0.39, 0.29) is 18.9 Å². The van der Waals surface area contributed by atoms with E-state index < -0.39 is 16.1 Å². The van der Waals surface area contributed by atoms with Crippen LogP contribution in [0, 0.1) is 0 Å². The first-order valence-corrected chi connectivity index (χ1v) is 7.56. The van der Waals surface area contributed by atoms with Crippen LogP contribution in [0.2, 0.25) is 0 Å². The highest BCUT2D eigenvalue weighted by Crippen LogP contribution is 2.05. The largest absolute Gasteiger partial charge is 0.389 e. The van der Waals surface area contributed by atoms with Crippen LogP contribution in [0.15, 0.2) is 24.5 Å². The number of hydrogen-bond acceptors (Lipinski definition) is 5. The lowest BCUT2D eigenvalue weighted by Crippen LogP contribution is -2.37. The molecule has 1 aromatic rings. The minimum atomic E-state index is -3.37. The van der Waals surface area contributed by atoms with Crippen molar-refractivity contribution in [2.24, 2.45) is 0 Å². The van der Waals surface area contributed by atoms with E-state index in [4.69, 9.17) is 4.74 Å². The van der Waals surface area contributed by atoms with Gasteiger partial charge in [-0.2, -0.15) is 0 Å². The van der Waals surface area contributed by atoms with Gasteiger partial charge < -0.3 is 9.84 Å². The standard InChI is InChI=1S/C12H20N2O4S/c1-14(9-12(15)10-18-2)19(16,17)8-5-11-3-6-13-7-4-11/h3-4,6-7,12,15H,5,8-10H2,1-2H3. The van der Waals surface area contributed by atoms with Gasteiger partial charge in [0, 0.05) is 33.1 Å². The third-order valence-electron chi connectivity index (χ3n) is 2.70. The molecule has 19 heavy (non-hydrogen) atoms. The Morgan fingerprint density at radius 3 is 2.63 bits per heavy atom. The number of ether oxygens (including phenoxy) is 1. The number of hydrogen-bond donors (Lipinski definition) is 1. The molecule has 0 aliphatic rings. The van der Waals surface area contributed by atoms with Crippen LogP contribution in [-0.2, 0) is 21.2 Å². The summed E-state index contributed by atoms with van der Waals surface area (Å²) < 4.78 is 29.9. The Labute approximate surface area is 114 Å². The molecule has 1 heterocycles. The molecule has 0 saturated heterocycles. The molecule has 0 radical (unpaired) electrons. The zero-order valence-electron chi connectivity index (χ0n) is 11.2. The fraction of sp³-hybridized carbons (Fsp3) is 0.583. The molecule has 0 bridgehead atoms. The molecule has 1 aromatic heterocycles. The molecule has 0 aliphatic carbocycles. The number of pyridine rings is 1. The van der Waals surface area contributed by atoms with Gasteiger partial charge in [-0.1, -0.05) is 0 Å². The third-order valence-corrected chi connectivity index (χ3v) is 4.52. The van der Waals surface area contributed by atoms with Crippen LogP contribution in [0.4, 0.5) is 0 Å². The van der Waals surface area contributed by atoms with Crippen molar-refractivity contribution in [2.45, 2.75) is 12.5 Å². The maximum atomic E-state index is 12.0. The van der Waals surface area contributed by atoms with E-state index in [1.54, 1.807) is 24.5 Å². The van der Waals surface area contributed by atoms with Crippen LogP contribution >= 0.6 is 0 Å². The highest BCUT2D eigenvalue weighted by Gasteiger charge is 2.20. The quantitative estimate of drug-likeness (QED) is 0.722. The predicted molar refractivity (Wildman–Crippen MR) is 72.2 cm³/mol. The number of sulfonamides is 1. The molecular weight excluding hydrogens is 268 g/mol. The van der Waals surface area contributed by atoms with Crippen molar-refractivity contribution < 1.29 is 18.3 Å². The van der Waals surface area contributed by atoms with Gasteiger partial charge in [-0.15, -0.1) is 0 Å². The lowest BCUT2D eigenvalue weighted by molar-refractivity contribution is 0.0554. The zero-order chi connectivity index (χ0) is 14.3. The summed E-state index contributed by atoms with van der Waals surface area (Å²) in [5.74, 6) is 0.00716. The summed E-state index contributed by atoms with van der Waals surface area (Å²) in [7, 11) is -0.456. The Hall–Kier alpha value is -1.02. The number of aliphatic hydroxyl groups excluding tert-OH is 1. The molecule has 0 aromatic carbocycles. The van der Waals surface area contributed by atoms with Gasteiger partial charge in [0.2, 0.25) is 10.0 Å². The summed E-state index contributed by atoms with van der Waals surface area (Å²) >= 11 is 0. The summed E-state index contributed by atoms with van der Waals surface area (Å²) in [6, 6.07) is 3.57. The molecule has 7 heteroatoms. The second-order valence-corrected chi connectivity index (χ2v) is 6.51. The van der Waals surface area contributed by atoms with E-state index >= 15 is 0 Å². The second kappa shape index (κ2) is 7.54. The van der Waals surface area contributed by atoms with Crippen LogP contribution in [0.3, 0.4) is 0 Å². The molecule has 0 amide bonds. The van der Waals surface area contributed by atoms with E-state index in [2.05, 4.69) is 4.98 Å². The van der Waals surface area contributed by atoms with E-state index in [1.807, 2.05) is 0 Å². The number of aliphatic hydroxyl groups is 1. The fourth-order valence-corrected chi connectivity index (χ4v) is 2.81. The van der Waals surface area contributed by atoms with Crippen molar-refractivity contribution in [1.29, 1.82) is 0 Å². The van der Waals surface area contributed by atoms with Gasteiger partial charge in [0.15, 0.2) is 0 Å². The minimum Gasteiger partial charge on any atom is -0.389 e. The topological polar surface area (TPSA) is 79.7 Å². The number of rotatable bonds is 8. The Bertz CT molecular complexity index is 464. The number of likely N-dealkylation sites (N-methyl/N-ethyl adjacent to an activating group) is 1. The molecule has 108 valence electrons. The van der Waals surface area contributed by atoms with E-state index in [9.17, 15) is 13.5 Å². The summed E-state index contributed by atoms with van der Waals surface area (Å²) in [5.41, 5.74) is 0.921. The molecule has 0 spiro atoms. The molecule has 0 fully saturated rings. The maximum Gasteiger partial charge on any atom is 0.214 e. The van der Waals surface area contributed by atoms with Gasteiger partial charge in [0.1, 0.15) is 0 Å². The average molecular weight is 288 g/mol. The van der Waals surface area contributed by atoms with Gasteiger partial charge in [0.05, 0.1) is 18.5 Å². The van der Waals surface area contributed by atoms with Crippen molar-refractivity contribution in [1.82, 2.24) is 9.29 Å². The van der Waals surface area contributed by atoms with Gasteiger partial charge in [-0.25, -0.2) is 12.7 Å². The minimum absolute atomic E-state index is 0.00716. The van der Waals surface area contributed by atoms with Gasteiger partial charge >= 0.3 is 0 Å². The summed E-state index contributed by atoms with van der Waals surface area (Å²) in [6.45, 7) is 0.150. The lowest BCUT2D eigenvalue weighted by atomic mass is 10.2. The SMILES string of the molecule is COCC(O)CN(C)S(=O)(=O)CCc1ccncc1. The van der Waals surface area contributed by atoms with Crippen LogP contribution in [0.1, 0.15) is 5.56 Å². The van der Waals surface area contributed by atoms with Crippen molar-refractivity contribution in [2.75, 3.05) is 33.1 Å². The van der Waals surface area contributed by atoms with Crippen molar-refractivity contribution in [3.05, 3.63) is 30.1 Å². The van der Waals surface area contributed by atoms with E-state index in [1.165, 1.54) is 14.2 Å². The van der Waals surface area contributed by atoms with Crippen LogP contribution in [0.25, 0.3) is 0 Å². The van der Waals surface area contributed by atoms with Crippen molar-refractivity contribution in [3.8, 4) is 0 Å². The van der Waals surface area contributed by atoms with Crippen LogP contribution < -0.4 is 0 Å². The number of nitrogens with zero attached hydrogens (tertiary/aromatic N) is 2. The molecule has 0 aliphatic heterocycles. The second-order valence-electron chi connectivity index (χ2n) is 4.31. The normalized spacial score (nSPS) is 13.7. The van der Waals surface area contributed by atoms with Crippen molar-refractivity contribution >= 4 is 10.0 Å². The molecule has 1 N–H and O–H groups in total. The van der Waals surface area contributed by atoms with Gasteiger partial charge in [0.25, 0.3) is 0 Å². The monoisotopic (exact) mass is 288 g/mol. The molecular formula is C12H20N2O4S. The third kappa shape index (κ3) is 5.65. The highest BCUT2D eigenvalue weighted by molar-refractivity contribution is 7.89. The fourth-order valence-electron chi connectivity index (χ4n) is 1.61.